The average Bonchev–Trinajstić information content (AvgIpc) is 0.722. The predicted molar refractivity (Wildman–Crippen MR) is 13.4 cm³/mol. The topological polar surface area (TPSA) is 86.2 Å². The van der Waals surface area contributed by atoms with Crippen LogP contribution < -0.4 is 14.7 Å². The van der Waals surface area contributed by atoms with Gasteiger partial charge in [0.15, 0.2) is 0 Å². The molecule has 0 N–H and O–H groups in total. The zero-order valence-corrected chi connectivity index (χ0v) is 8.82. The Morgan fingerprint density at radius 2 is 1.14 bits per heavy atom. The van der Waals surface area contributed by atoms with Crippen LogP contribution in [0.4, 0.5) is 0 Å². The van der Waals surface area contributed by atoms with E-state index in [9.17, 15) is 0 Å². The van der Waals surface area contributed by atoms with Crippen molar-refractivity contribution < 1.29 is 36.3 Å². The van der Waals surface area contributed by atoms with Crippen LogP contribution in [0, 0.1) is 0 Å². The minimum atomic E-state index is -5.39. The Balaban J connectivity index is -0.0000000800. The van der Waals surface area contributed by atoms with Crippen LogP contribution >= 0.6 is 7.82 Å². The molecular weight excluding hydrogens is 358 g/mol. The summed E-state index contributed by atoms with van der Waals surface area (Å²) >= 11 is 0. The van der Waals surface area contributed by atoms with Gasteiger partial charge in [-0.15, -0.1) is 0 Å². The maximum atomic E-state index is 8.55. The van der Waals surface area contributed by atoms with E-state index in [-0.39, 0.29) is 44.4 Å². The summed E-state index contributed by atoms with van der Waals surface area (Å²) < 4.78 is 8.55. The van der Waals surface area contributed by atoms with Gasteiger partial charge < -0.3 is 19.2 Å². The van der Waals surface area contributed by atoms with E-state index in [1.54, 1.807) is 0 Å². The van der Waals surface area contributed by atoms with Crippen LogP contribution in [-0.4, -0.2) is 27.3 Å². The molecule has 0 aromatic rings. The summed E-state index contributed by atoms with van der Waals surface area (Å²) in [6.45, 7) is 0. The molecule has 0 spiro atoms. The Labute approximate surface area is 71.2 Å². The summed E-state index contributed by atoms with van der Waals surface area (Å²) in [4.78, 5) is 25.6. The fourth-order valence-corrected chi connectivity index (χ4v) is 0. The molecule has 0 saturated carbocycles. The molecule has 0 aromatic carbocycles. The van der Waals surface area contributed by atoms with E-state index < -0.39 is 7.82 Å². The molecule has 0 saturated heterocycles. The Hall–Kier alpha value is 1.55. The summed E-state index contributed by atoms with van der Waals surface area (Å²) in [5.41, 5.74) is 0. The predicted octanol–water partition coefficient (Wildman–Crippen LogP) is -3.21. The van der Waals surface area contributed by atoms with Gasteiger partial charge in [-0.2, -0.15) is 7.82 Å². The van der Waals surface area contributed by atoms with Crippen LogP contribution in [-0.2, 0) is 21.6 Å². The molecule has 4 nitrogen and oxygen atoms in total. The molecule has 0 aliphatic rings. The molecule has 42 valence electrons. The molecule has 0 aliphatic carbocycles. The monoisotopic (exact) mass is 359 g/mol. The van der Waals surface area contributed by atoms with Crippen LogP contribution in [0.3, 0.4) is 0 Å². The quantitative estimate of drug-likeness (QED) is 0.337. The molecule has 0 atom stereocenters. The smallest absolute Gasteiger partial charge is 0.822 e. The van der Waals surface area contributed by atoms with Gasteiger partial charge in [0.25, 0.3) is 0 Å². The molecule has 4 radical (unpaired) electrons. The summed E-state index contributed by atoms with van der Waals surface area (Å²) in [6, 6.07) is 0. The second-order valence-corrected chi connectivity index (χ2v) is 1.34. The van der Waals surface area contributed by atoms with Crippen LogP contribution in [0.2, 0.25) is 0 Å². The van der Waals surface area contributed by atoms with Gasteiger partial charge in [0.1, 0.15) is 0 Å². The van der Waals surface area contributed by atoms with Crippen LogP contribution in [0.15, 0.2) is 0 Å². The Morgan fingerprint density at radius 3 is 1.14 bits per heavy atom. The fraction of sp³-hybridized carbons (Fsp3) is 0. The van der Waals surface area contributed by atoms with E-state index in [1.807, 2.05) is 0 Å². The summed E-state index contributed by atoms with van der Waals surface area (Å²) in [7, 11) is -5.39. The van der Waals surface area contributed by atoms with E-state index >= 15 is 0 Å². The summed E-state index contributed by atoms with van der Waals surface area (Å²) in [5, 5.41) is 0. The fourth-order valence-electron chi connectivity index (χ4n) is 0. The molecule has 7 heteroatoms. The molecule has 0 aliphatic heterocycles. The Bertz CT molecular complexity index is 57.8. The van der Waals surface area contributed by atoms with E-state index in [0.29, 0.717) is 0 Å². The van der Waals surface area contributed by atoms with Crippen LogP contribution in [0.5, 0.6) is 0 Å². The average molecular weight is 358 g/mol. The first-order chi connectivity index (χ1) is 2.00. The van der Waals surface area contributed by atoms with Crippen molar-refractivity contribution in [1.82, 2.24) is 0 Å². The van der Waals surface area contributed by atoms with Gasteiger partial charge in [0, 0.05) is 27.3 Å². The van der Waals surface area contributed by atoms with Gasteiger partial charge in [0.05, 0.1) is 0 Å². The van der Waals surface area contributed by atoms with Crippen molar-refractivity contribution in [2.24, 2.45) is 0 Å². The zero-order chi connectivity index (χ0) is 4.50. The number of hydrogen-bond acceptors (Lipinski definition) is 4. The molecule has 0 amide bonds. The Kier molecular flexibility index (Phi) is 12.8. The molecule has 0 heterocycles. The van der Waals surface area contributed by atoms with Gasteiger partial charge in [-0.3, -0.25) is 0 Å². The first-order valence-corrected chi connectivity index (χ1v) is 2.19. The summed E-state index contributed by atoms with van der Waals surface area (Å²) in [5.74, 6) is 0. The van der Waals surface area contributed by atoms with E-state index in [2.05, 4.69) is 0 Å². The molecule has 0 bridgehead atoms. The third-order valence-corrected chi connectivity index (χ3v) is 0. The van der Waals surface area contributed by atoms with Crippen molar-refractivity contribution in [1.29, 1.82) is 0 Å². The van der Waals surface area contributed by atoms with E-state index in [4.69, 9.17) is 19.2 Å². The minimum absolute atomic E-state index is 0. The van der Waals surface area contributed by atoms with Gasteiger partial charge in [-0.05, 0) is 0 Å². The molecule has 0 aromatic heterocycles. The SMILES string of the molecule is O=P([O-])([O-])[O-].[Fe+2].[Pb]. The molecule has 7 heavy (non-hydrogen) atoms. The van der Waals surface area contributed by atoms with E-state index in [1.165, 1.54) is 0 Å². The summed E-state index contributed by atoms with van der Waals surface area (Å²) in [6.07, 6.45) is 0. The molecule has 0 fully saturated rings. The third-order valence-electron chi connectivity index (χ3n) is 0. The number of rotatable bonds is 0. The van der Waals surface area contributed by atoms with Crippen molar-refractivity contribution in [3.8, 4) is 0 Å². The van der Waals surface area contributed by atoms with E-state index in [0.717, 1.165) is 0 Å². The molecule has 0 rings (SSSR count). The van der Waals surface area contributed by atoms with Crippen molar-refractivity contribution in [3.63, 3.8) is 0 Å². The maximum Gasteiger partial charge on any atom is 2.00 e. The first-order valence-electron chi connectivity index (χ1n) is 0.730. The Morgan fingerprint density at radius 1 is 1.14 bits per heavy atom. The third kappa shape index (κ3) is 96.7. The minimum Gasteiger partial charge on any atom is -0.822 e. The molecular formula is FeO4PPb-. The van der Waals surface area contributed by atoms with Crippen molar-refractivity contribution in [2.75, 3.05) is 0 Å². The first kappa shape index (κ1) is 15.8. The van der Waals surface area contributed by atoms with Gasteiger partial charge in [0.2, 0.25) is 0 Å². The number of hydrogen-bond donors (Lipinski definition) is 0. The van der Waals surface area contributed by atoms with Crippen molar-refractivity contribution in [3.05, 3.63) is 0 Å². The standard InChI is InChI=1S/Fe.H3O4P.Pb/c;1-5(2,3)4;/h;(H3,1,2,3,4);/q+2;;/p-3. The second-order valence-electron chi connectivity index (χ2n) is 0.447. The van der Waals surface area contributed by atoms with Crippen LogP contribution in [0.25, 0.3) is 0 Å². The van der Waals surface area contributed by atoms with Crippen LogP contribution in [0.1, 0.15) is 0 Å². The normalized spacial score (nSPS) is 8.43. The van der Waals surface area contributed by atoms with Crippen molar-refractivity contribution in [2.45, 2.75) is 0 Å². The van der Waals surface area contributed by atoms with Crippen molar-refractivity contribution >= 4 is 35.1 Å². The largest absolute Gasteiger partial charge is 2.00 e. The maximum absolute atomic E-state index is 8.55. The molecule has 0 unspecified atom stereocenters. The van der Waals surface area contributed by atoms with Gasteiger partial charge in [-0.25, -0.2) is 0 Å². The second kappa shape index (κ2) is 5.68. The zero-order valence-electron chi connectivity index (χ0n) is 2.93. The number of phosphoric acid groups is 1. The van der Waals surface area contributed by atoms with Gasteiger partial charge >= 0.3 is 17.1 Å². The van der Waals surface area contributed by atoms with Gasteiger partial charge in [-0.1, -0.05) is 0 Å².